The van der Waals surface area contributed by atoms with Gasteiger partial charge < -0.3 is 29.4 Å². The molecule has 9 nitrogen and oxygen atoms in total. The molecule has 0 radical (unpaired) electrons. The zero-order chi connectivity index (χ0) is 25.7. The SMILES string of the molecule is CC(C)n1cnc2c(F)cc(-c3nc(NC4CCOCC4O)ncc3Cl)cc21.CN1CCCOCC1. The van der Waals surface area contributed by atoms with Gasteiger partial charge in [-0.15, -0.1) is 0 Å². The number of imidazole rings is 1. The fraction of sp³-hybridized carbons (Fsp3) is 0.560. The largest absolute Gasteiger partial charge is 0.389 e. The number of ether oxygens (including phenoxy) is 2. The maximum Gasteiger partial charge on any atom is 0.223 e. The van der Waals surface area contributed by atoms with Gasteiger partial charge in [-0.1, -0.05) is 11.6 Å². The second kappa shape index (κ2) is 12.2. The number of fused-ring (bicyclic) bond motifs is 1. The third kappa shape index (κ3) is 6.49. The molecule has 0 spiro atoms. The van der Waals surface area contributed by atoms with Gasteiger partial charge in [0, 0.05) is 37.9 Å². The Morgan fingerprint density at radius 2 is 2.00 bits per heavy atom. The molecule has 2 unspecified atom stereocenters. The molecule has 4 heterocycles. The number of nitrogens with one attached hydrogen (secondary N) is 1. The van der Waals surface area contributed by atoms with Gasteiger partial charge in [0.15, 0.2) is 5.82 Å². The van der Waals surface area contributed by atoms with Crippen molar-refractivity contribution in [3.63, 3.8) is 0 Å². The third-order valence-corrected chi connectivity index (χ3v) is 6.57. The van der Waals surface area contributed by atoms with E-state index in [9.17, 15) is 9.50 Å². The van der Waals surface area contributed by atoms with Crippen molar-refractivity contribution in [2.24, 2.45) is 0 Å². The van der Waals surface area contributed by atoms with Gasteiger partial charge in [0.2, 0.25) is 5.95 Å². The van der Waals surface area contributed by atoms with Crippen molar-refractivity contribution < 1.29 is 19.0 Å². The molecular formula is C25H34ClFN6O3. The smallest absolute Gasteiger partial charge is 0.223 e. The summed E-state index contributed by atoms with van der Waals surface area (Å²) in [5.41, 5.74) is 1.94. The van der Waals surface area contributed by atoms with Gasteiger partial charge in [0.05, 0.1) is 54.1 Å². The quantitative estimate of drug-likeness (QED) is 0.536. The van der Waals surface area contributed by atoms with E-state index >= 15 is 0 Å². The van der Waals surface area contributed by atoms with Crippen LogP contribution in [0, 0.1) is 5.82 Å². The number of hydrogen-bond donors (Lipinski definition) is 2. The zero-order valence-corrected chi connectivity index (χ0v) is 21.7. The molecule has 2 fully saturated rings. The highest BCUT2D eigenvalue weighted by atomic mass is 35.5. The molecule has 196 valence electrons. The van der Waals surface area contributed by atoms with Crippen molar-refractivity contribution in [2.75, 3.05) is 51.9 Å². The van der Waals surface area contributed by atoms with E-state index in [2.05, 4.69) is 32.2 Å². The molecule has 3 aromatic rings. The number of hydrogen-bond acceptors (Lipinski definition) is 8. The molecule has 2 N–H and O–H groups in total. The first-order valence-electron chi connectivity index (χ1n) is 12.3. The predicted molar refractivity (Wildman–Crippen MR) is 138 cm³/mol. The highest BCUT2D eigenvalue weighted by Crippen LogP contribution is 2.31. The van der Waals surface area contributed by atoms with Gasteiger partial charge in [0.1, 0.15) is 5.52 Å². The summed E-state index contributed by atoms with van der Waals surface area (Å²) >= 11 is 6.31. The summed E-state index contributed by atoms with van der Waals surface area (Å²) in [6, 6.07) is 3.12. The van der Waals surface area contributed by atoms with Crippen LogP contribution in [0.25, 0.3) is 22.3 Å². The van der Waals surface area contributed by atoms with E-state index in [-0.39, 0.29) is 18.7 Å². The molecule has 2 atom stereocenters. The molecule has 1 aromatic carbocycles. The molecule has 2 saturated heterocycles. The minimum Gasteiger partial charge on any atom is -0.389 e. The van der Waals surface area contributed by atoms with Crippen LogP contribution >= 0.6 is 11.6 Å². The van der Waals surface area contributed by atoms with Crippen LogP contribution in [-0.4, -0.2) is 88.2 Å². The molecule has 2 aliphatic rings. The Morgan fingerprint density at radius 1 is 1.17 bits per heavy atom. The topological polar surface area (TPSA) is 97.6 Å². The van der Waals surface area contributed by atoms with Crippen molar-refractivity contribution in [2.45, 2.75) is 44.9 Å². The lowest BCUT2D eigenvalue weighted by molar-refractivity contribution is -0.0136. The van der Waals surface area contributed by atoms with Gasteiger partial charge in [0.25, 0.3) is 0 Å². The first-order valence-corrected chi connectivity index (χ1v) is 12.7. The Morgan fingerprint density at radius 3 is 2.78 bits per heavy atom. The van der Waals surface area contributed by atoms with Gasteiger partial charge in [-0.3, -0.25) is 0 Å². The Labute approximate surface area is 215 Å². The van der Waals surface area contributed by atoms with Crippen molar-refractivity contribution >= 4 is 28.6 Å². The summed E-state index contributed by atoms with van der Waals surface area (Å²) in [6.45, 7) is 8.98. The molecule has 0 bridgehead atoms. The van der Waals surface area contributed by atoms with Crippen LogP contribution in [0.5, 0.6) is 0 Å². The average molecular weight is 521 g/mol. The van der Waals surface area contributed by atoms with Gasteiger partial charge >= 0.3 is 0 Å². The lowest BCUT2D eigenvalue weighted by Crippen LogP contribution is -2.42. The summed E-state index contributed by atoms with van der Waals surface area (Å²) in [4.78, 5) is 15.1. The van der Waals surface area contributed by atoms with Gasteiger partial charge in [-0.05, 0) is 45.9 Å². The second-order valence-corrected chi connectivity index (χ2v) is 9.82. The first kappa shape index (κ1) is 26.7. The molecule has 5 rings (SSSR count). The number of aliphatic hydroxyl groups excluding tert-OH is 1. The van der Waals surface area contributed by atoms with E-state index in [1.165, 1.54) is 25.2 Å². The number of aromatic nitrogens is 4. The van der Waals surface area contributed by atoms with E-state index in [1.54, 1.807) is 6.33 Å². The van der Waals surface area contributed by atoms with Gasteiger partial charge in [-0.2, -0.15) is 0 Å². The van der Waals surface area contributed by atoms with Crippen LogP contribution in [-0.2, 0) is 9.47 Å². The van der Waals surface area contributed by atoms with Crippen molar-refractivity contribution in [1.82, 2.24) is 24.4 Å². The number of aliphatic hydroxyl groups is 1. The molecule has 0 saturated carbocycles. The number of nitrogens with zero attached hydrogens (tertiary/aromatic N) is 5. The summed E-state index contributed by atoms with van der Waals surface area (Å²) in [6.07, 6.45) is 4.28. The lowest BCUT2D eigenvalue weighted by Gasteiger charge is -2.28. The fourth-order valence-electron chi connectivity index (χ4n) is 4.21. The molecule has 36 heavy (non-hydrogen) atoms. The highest BCUT2D eigenvalue weighted by Gasteiger charge is 2.25. The maximum atomic E-state index is 14.6. The molecule has 11 heteroatoms. The summed E-state index contributed by atoms with van der Waals surface area (Å²) < 4.78 is 27.0. The van der Waals surface area contributed by atoms with Gasteiger partial charge in [-0.25, -0.2) is 19.3 Å². The van der Waals surface area contributed by atoms with Crippen LogP contribution in [0.15, 0.2) is 24.7 Å². The Kier molecular flexibility index (Phi) is 9.08. The van der Waals surface area contributed by atoms with E-state index in [0.29, 0.717) is 46.3 Å². The van der Waals surface area contributed by atoms with E-state index in [4.69, 9.17) is 21.1 Å². The average Bonchev–Trinajstić information content (AvgIpc) is 3.15. The van der Waals surface area contributed by atoms with Crippen LogP contribution in [0.4, 0.5) is 10.3 Å². The van der Waals surface area contributed by atoms with E-state index in [0.717, 1.165) is 19.8 Å². The van der Waals surface area contributed by atoms with Crippen molar-refractivity contribution in [3.05, 3.63) is 35.5 Å². The summed E-state index contributed by atoms with van der Waals surface area (Å²) in [5, 5.41) is 13.5. The van der Waals surface area contributed by atoms with Crippen molar-refractivity contribution in [3.8, 4) is 11.3 Å². The van der Waals surface area contributed by atoms with E-state index in [1.807, 2.05) is 24.5 Å². The standard InChI is InChI=1S/C19H21ClFN5O2.C6H13NO/c1-10(2)26-9-23-18-13(21)5-11(6-15(18)26)17-12(20)7-22-19(25-17)24-14-3-4-28-8-16(14)27;1-7-3-2-5-8-6-4-7/h5-7,9-10,14,16,27H,3-4,8H2,1-2H3,(H,22,24,25);2-6H2,1H3. The van der Waals surface area contributed by atoms with Crippen LogP contribution < -0.4 is 5.32 Å². The number of likely N-dealkylation sites (N-methyl/N-ethyl adjacent to an activating group) is 1. The highest BCUT2D eigenvalue weighted by molar-refractivity contribution is 6.33. The molecule has 2 aliphatic heterocycles. The van der Waals surface area contributed by atoms with Crippen molar-refractivity contribution in [1.29, 1.82) is 0 Å². The lowest BCUT2D eigenvalue weighted by atomic mass is 10.1. The fourth-order valence-corrected chi connectivity index (χ4v) is 4.41. The number of benzene rings is 1. The molecule has 2 aromatic heterocycles. The third-order valence-electron chi connectivity index (χ3n) is 6.29. The van der Waals surface area contributed by atoms with Crippen LogP contribution in [0.1, 0.15) is 32.7 Å². The van der Waals surface area contributed by atoms with Crippen LogP contribution in [0.2, 0.25) is 5.02 Å². The Bertz CT molecular complexity index is 1150. The predicted octanol–water partition coefficient (Wildman–Crippen LogP) is 3.77. The first-order chi connectivity index (χ1) is 17.3. The Hall–Kier alpha value is -2.37. The monoisotopic (exact) mass is 520 g/mol. The van der Waals surface area contributed by atoms with Crippen LogP contribution in [0.3, 0.4) is 0 Å². The zero-order valence-electron chi connectivity index (χ0n) is 21.0. The molecule has 0 amide bonds. The van der Waals surface area contributed by atoms with E-state index < -0.39 is 11.9 Å². The maximum absolute atomic E-state index is 14.6. The minimum absolute atomic E-state index is 0.132. The number of rotatable bonds is 4. The molecule has 0 aliphatic carbocycles. The number of anilines is 1. The molecular weight excluding hydrogens is 487 g/mol. The summed E-state index contributed by atoms with van der Waals surface area (Å²) in [5.74, 6) is -0.112. The minimum atomic E-state index is -0.648. The number of halogens is 2. The normalized spacial score (nSPS) is 21.2. The summed E-state index contributed by atoms with van der Waals surface area (Å²) in [7, 11) is 2.13. The second-order valence-electron chi connectivity index (χ2n) is 9.41. The Balaban J connectivity index is 0.000000325.